The van der Waals surface area contributed by atoms with Gasteiger partial charge in [0.05, 0.1) is 0 Å². The van der Waals surface area contributed by atoms with Crippen molar-refractivity contribution in [2.75, 3.05) is 11.2 Å². The molecule has 15 heavy (non-hydrogen) atoms. The number of imidazole rings is 1. The molecule has 0 saturated heterocycles. The molecule has 0 spiro atoms. The summed E-state index contributed by atoms with van der Waals surface area (Å²) >= 11 is 5.95. The Kier molecular flexibility index (Phi) is 3.52. The van der Waals surface area contributed by atoms with Crippen LogP contribution in [0.2, 0.25) is 0 Å². The monoisotopic (exact) mass is 227 g/mol. The Balaban J connectivity index is 2.01. The third kappa shape index (κ3) is 2.28. The van der Waals surface area contributed by atoms with E-state index in [9.17, 15) is 0 Å². The van der Waals surface area contributed by atoms with Gasteiger partial charge in [0.25, 0.3) is 0 Å². The highest BCUT2D eigenvalue weighted by molar-refractivity contribution is 6.18. The highest BCUT2D eigenvalue weighted by Gasteiger charge is 2.27. The van der Waals surface area contributed by atoms with Crippen LogP contribution in [-0.4, -0.2) is 21.5 Å². The van der Waals surface area contributed by atoms with E-state index in [1.54, 1.807) is 0 Å². The molecule has 1 fully saturated rings. The summed E-state index contributed by atoms with van der Waals surface area (Å²) in [6.07, 6.45) is 7.59. The van der Waals surface area contributed by atoms with Crippen LogP contribution in [0.25, 0.3) is 0 Å². The van der Waals surface area contributed by atoms with Gasteiger partial charge in [0.2, 0.25) is 5.95 Å². The first-order valence-electron chi connectivity index (χ1n) is 5.68. The topological polar surface area (TPSA) is 29.9 Å². The molecule has 4 heteroatoms. The Morgan fingerprint density at radius 2 is 2.47 bits per heavy atom. The van der Waals surface area contributed by atoms with E-state index in [1.165, 1.54) is 19.3 Å². The number of anilines is 1. The zero-order valence-electron chi connectivity index (χ0n) is 9.12. The van der Waals surface area contributed by atoms with E-state index in [0.29, 0.717) is 12.0 Å². The zero-order chi connectivity index (χ0) is 10.7. The number of nitrogens with zero attached hydrogens (tertiary/aromatic N) is 2. The van der Waals surface area contributed by atoms with E-state index in [1.807, 2.05) is 12.4 Å². The fourth-order valence-electron chi connectivity index (χ4n) is 2.28. The van der Waals surface area contributed by atoms with E-state index in [2.05, 4.69) is 21.8 Å². The molecule has 1 heterocycles. The van der Waals surface area contributed by atoms with Crippen LogP contribution < -0.4 is 5.32 Å². The van der Waals surface area contributed by atoms with Gasteiger partial charge < -0.3 is 9.88 Å². The van der Waals surface area contributed by atoms with Crippen LogP contribution in [0.3, 0.4) is 0 Å². The summed E-state index contributed by atoms with van der Waals surface area (Å²) in [6.45, 7) is 3.08. The van der Waals surface area contributed by atoms with Crippen molar-refractivity contribution >= 4 is 17.5 Å². The van der Waals surface area contributed by atoms with Gasteiger partial charge in [-0.15, -0.1) is 11.6 Å². The smallest absolute Gasteiger partial charge is 0.202 e. The highest BCUT2D eigenvalue weighted by atomic mass is 35.5. The largest absolute Gasteiger partial charge is 0.353 e. The molecule has 0 radical (unpaired) electrons. The van der Waals surface area contributed by atoms with Gasteiger partial charge in [-0.2, -0.15) is 0 Å². The number of rotatable bonds is 4. The summed E-state index contributed by atoms with van der Waals surface area (Å²) in [6, 6.07) is 0.509. The van der Waals surface area contributed by atoms with Gasteiger partial charge in [-0.05, 0) is 25.7 Å². The summed E-state index contributed by atoms with van der Waals surface area (Å²) in [5, 5.41) is 3.51. The zero-order valence-corrected chi connectivity index (χ0v) is 9.87. The minimum Gasteiger partial charge on any atom is -0.353 e. The number of hydrogen-bond donors (Lipinski definition) is 1. The molecule has 2 unspecified atom stereocenters. The molecule has 2 atom stereocenters. The van der Waals surface area contributed by atoms with Crippen LogP contribution in [0, 0.1) is 5.92 Å². The maximum absolute atomic E-state index is 5.95. The Morgan fingerprint density at radius 3 is 3.20 bits per heavy atom. The van der Waals surface area contributed by atoms with Crippen molar-refractivity contribution in [2.45, 2.75) is 38.8 Å². The number of halogens is 1. The van der Waals surface area contributed by atoms with E-state index >= 15 is 0 Å². The van der Waals surface area contributed by atoms with Gasteiger partial charge in [0.1, 0.15) is 0 Å². The molecule has 1 aromatic rings. The van der Waals surface area contributed by atoms with Crippen molar-refractivity contribution in [3.05, 3.63) is 12.4 Å². The van der Waals surface area contributed by atoms with E-state index in [-0.39, 0.29) is 0 Å². The molecule has 1 aliphatic carbocycles. The van der Waals surface area contributed by atoms with Crippen LogP contribution in [0.4, 0.5) is 5.95 Å². The fourth-order valence-corrected chi connectivity index (χ4v) is 2.65. The van der Waals surface area contributed by atoms with Crippen molar-refractivity contribution < 1.29 is 0 Å². The summed E-state index contributed by atoms with van der Waals surface area (Å²) in [5.41, 5.74) is 0. The van der Waals surface area contributed by atoms with Gasteiger partial charge in [-0.3, -0.25) is 0 Å². The number of nitrogens with one attached hydrogen (secondary N) is 1. The summed E-state index contributed by atoms with van der Waals surface area (Å²) in [5.74, 6) is 2.35. The lowest BCUT2D eigenvalue weighted by atomic mass is 10.1. The van der Waals surface area contributed by atoms with Crippen LogP contribution in [0.15, 0.2) is 12.4 Å². The number of hydrogen-bond acceptors (Lipinski definition) is 2. The Bertz CT molecular complexity index is 311. The minimum absolute atomic E-state index is 0.509. The van der Waals surface area contributed by atoms with E-state index in [4.69, 9.17) is 11.6 Å². The molecule has 84 valence electrons. The normalized spacial score (nSPS) is 25.7. The van der Waals surface area contributed by atoms with Gasteiger partial charge in [0.15, 0.2) is 0 Å². The number of aromatic nitrogens is 2. The van der Waals surface area contributed by atoms with Crippen molar-refractivity contribution in [1.29, 1.82) is 0 Å². The first-order chi connectivity index (χ1) is 7.35. The van der Waals surface area contributed by atoms with Gasteiger partial charge in [0, 0.05) is 30.9 Å². The van der Waals surface area contributed by atoms with Crippen LogP contribution in [-0.2, 0) is 6.54 Å². The number of alkyl halides is 1. The Labute approximate surface area is 95.8 Å². The third-order valence-corrected chi connectivity index (χ3v) is 3.62. The van der Waals surface area contributed by atoms with Crippen molar-refractivity contribution in [3.8, 4) is 0 Å². The average Bonchev–Trinajstić information content (AvgIpc) is 2.87. The molecule has 0 aliphatic heterocycles. The lowest BCUT2D eigenvalue weighted by Gasteiger charge is -2.19. The number of aryl methyl sites for hydroxylation is 1. The first-order valence-corrected chi connectivity index (χ1v) is 6.22. The van der Waals surface area contributed by atoms with E-state index in [0.717, 1.165) is 18.4 Å². The Morgan fingerprint density at radius 1 is 1.60 bits per heavy atom. The first kappa shape index (κ1) is 10.8. The predicted molar refractivity (Wildman–Crippen MR) is 63.4 cm³/mol. The maximum atomic E-state index is 5.95. The van der Waals surface area contributed by atoms with Gasteiger partial charge >= 0.3 is 0 Å². The summed E-state index contributed by atoms with van der Waals surface area (Å²) in [7, 11) is 0. The lowest BCUT2D eigenvalue weighted by Crippen LogP contribution is -2.26. The van der Waals surface area contributed by atoms with Gasteiger partial charge in [-0.25, -0.2) is 4.98 Å². The maximum Gasteiger partial charge on any atom is 0.202 e. The minimum atomic E-state index is 0.509. The molecular formula is C11H18ClN3. The molecule has 1 saturated carbocycles. The second kappa shape index (κ2) is 4.88. The fraction of sp³-hybridized carbons (Fsp3) is 0.727. The second-order valence-corrected chi connectivity index (χ2v) is 4.44. The van der Waals surface area contributed by atoms with Crippen molar-refractivity contribution in [1.82, 2.24) is 9.55 Å². The van der Waals surface area contributed by atoms with Crippen LogP contribution in [0.1, 0.15) is 26.2 Å². The molecule has 1 N–H and O–H groups in total. The third-order valence-electron chi connectivity index (χ3n) is 3.23. The Hall–Kier alpha value is -0.700. The standard InChI is InChI=1S/C11H18ClN3/c1-2-15-7-6-13-11(15)14-10-5-3-4-9(10)8-12/h6-7,9-10H,2-5,8H2,1H3,(H,13,14). The second-order valence-electron chi connectivity index (χ2n) is 4.13. The lowest BCUT2D eigenvalue weighted by molar-refractivity contribution is 0.555. The molecule has 1 aliphatic rings. The molecule has 0 aromatic carbocycles. The van der Waals surface area contributed by atoms with Crippen molar-refractivity contribution in [2.24, 2.45) is 5.92 Å². The molecule has 0 amide bonds. The van der Waals surface area contributed by atoms with Crippen LogP contribution in [0.5, 0.6) is 0 Å². The molecule has 3 nitrogen and oxygen atoms in total. The van der Waals surface area contributed by atoms with Crippen LogP contribution >= 0.6 is 11.6 Å². The SMILES string of the molecule is CCn1ccnc1NC1CCCC1CCl. The predicted octanol–water partition coefficient (Wildman–Crippen LogP) is 2.72. The van der Waals surface area contributed by atoms with E-state index < -0.39 is 0 Å². The average molecular weight is 228 g/mol. The summed E-state index contributed by atoms with van der Waals surface area (Å²) < 4.78 is 2.13. The summed E-state index contributed by atoms with van der Waals surface area (Å²) in [4.78, 5) is 4.33. The molecule has 0 bridgehead atoms. The highest BCUT2D eigenvalue weighted by Crippen LogP contribution is 2.28. The van der Waals surface area contributed by atoms with Gasteiger partial charge in [-0.1, -0.05) is 6.42 Å². The van der Waals surface area contributed by atoms with Crippen molar-refractivity contribution in [3.63, 3.8) is 0 Å². The molecular weight excluding hydrogens is 210 g/mol. The molecule has 2 rings (SSSR count). The quantitative estimate of drug-likeness (QED) is 0.802. The molecule has 1 aromatic heterocycles.